The Labute approximate surface area is 172 Å². The molecular weight excluding hydrogens is 427 g/mol. The Balaban J connectivity index is 0.00000312. The molecule has 0 saturated carbocycles. The van der Waals surface area contributed by atoms with Gasteiger partial charge in [-0.25, -0.2) is 0 Å². The zero-order valence-electron chi connectivity index (χ0n) is 16.5. The summed E-state index contributed by atoms with van der Waals surface area (Å²) in [5.41, 5.74) is 0. The van der Waals surface area contributed by atoms with Crippen LogP contribution in [0.15, 0.2) is 4.99 Å². The highest BCUT2D eigenvalue weighted by molar-refractivity contribution is 14.0. The molecular formula is C19H39IN4O. The average Bonchev–Trinajstić information content (AvgIpc) is 3.04. The van der Waals surface area contributed by atoms with Gasteiger partial charge in [0.25, 0.3) is 0 Å². The molecule has 1 atom stereocenters. The molecule has 2 aliphatic heterocycles. The molecule has 1 N–H and O–H groups in total. The number of hydrogen-bond acceptors (Lipinski definition) is 3. The molecule has 0 spiro atoms. The predicted octanol–water partition coefficient (Wildman–Crippen LogP) is 3.05. The van der Waals surface area contributed by atoms with Gasteiger partial charge in [-0.2, -0.15) is 0 Å². The molecule has 6 heteroatoms. The SMILES string of the molecule is CCNC(=NCCCCN1CCC(C)CC1)N1CCC(COC)C1.I. The van der Waals surface area contributed by atoms with E-state index in [0.717, 1.165) is 44.7 Å². The van der Waals surface area contributed by atoms with Crippen molar-refractivity contribution in [3.05, 3.63) is 0 Å². The van der Waals surface area contributed by atoms with Crippen LogP contribution in [0.3, 0.4) is 0 Å². The molecule has 0 aromatic rings. The Kier molecular flexibility index (Phi) is 12.1. The van der Waals surface area contributed by atoms with Gasteiger partial charge in [0, 0.05) is 39.2 Å². The first-order chi connectivity index (χ1) is 11.7. The second-order valence-electron chi connectivity index (χ2n) is 7.52. The molecule has 148 valence electrons. The van der Waals surface area contributed by atoms with Crippen molar-refractivity contribution >= 4 is 29.9 Å². The van der Waals surface area contributed by atoms with E-state index >= 15 is 0 Å². The third kappa shape index (κ3) is 8.43. The lowest BCUT2D eigenvalue weighted by Crippen LogP contribution is -2.40. The number of guanidine groups is 1. The minimum Gasteiger partial charge on any atom is -0.384 e. The number of methoxy groups -OCH3 is 1. The summed E-state index contributed by atoms with van der Waals surface area (Å²) >= 11 is 0. The highest BCUT2D eigenvalue weighted by atomic mass is 127. The number of likely N-dealkylation sites (tertiary alicyclic amines) is 2. The lowest BCUT2D eigenvalue weighted by atomic mass is 9.99. The third-order valence-corrected chi connectivity index (χ3v) is 5.34. The molecule has 0 aliphatic carbocycles. The van der Waals surface area contributed by atoms with Crippen LogP contribution in [0.5, 0.6) is 0 Å². The molecule has 0 aromatic carbocycles. The van der Waals surface area contributed by atoms with E-state index in [1.54, 1.807) is 7.11 Å². The third-order valence-electron chi connectivity index (χ3n) is 5.34. The molecule has 2 aliphatic rings. The fourth-order valence-corrected chi connectivity index (χ4v) is 3.74. The lowest BCUT2D eigenvalue weighted by molar-refractivity contribution is 0.157. The van der Waals surface area contributed by atoms with E-state index in [9.17, 15) is 0 Å². The van der Waals surface area contributed by atoms with Crippen molar-refractivity contribution in [2.24, 2.45) is 16.8 Å². The number of piperidine rings is 1. The molecule has 5 nitrogen and oxygen atoms in total. The molecule has 2 rings (SSSR count). The number of nitrogens with one attached hydrogen (secondary N) is 1. The normalized spacial score (nSPS) is 22.9. The van der Waals surface area contributed by atoms with Gasteiger partial charge in [-0.05, 0) is 64.6 Å². The second-order valence-corrected chi connectivity index (χ2v) is 7.52. The van der Waals surface area contributed by atoms with Crippen molar-refractivity contribution in [2.45, 2.75) is 46.0 Å². The van der Waals surface area contributed by atoms with Crippen LogP contribution in [0.4, 0.5) is 0 Å². The van der Waals surface area contributed by atoms with E-state index in [-0.39, 0.29) is 24.0 Å². The van der Waals surface area contributed by atoms with Crippen molar-refractivity contribution in [1.29, 1.82) is 0 Å². The summed E-state index contributed by atoms with van der Waals surface area (Å²) in [6, 6.07) is 0. The first kappa shape index (κ1) is 23.0. The van der Waals surface area contributed by atoms with Crippen LogP contribution < -0.4 is 5.32 Å². The van der Waals surface area contributed by atoms with Gasteiger partial charge in [0.15, 0.2) is 5.96 Å². The van der Waals surface area contributed by atoms with Crippen LogP contribution in [-0.2, 0) is 4.74 Å². The quantitative estimate of drug-likeness (QED) is 0.259. The fraction of sp³-hybridized carbons (Fsp3) is 0.947. The van der Waals surface area contributed by atoms with E-state index < -0.39 is 0 Å². The Morgan fingerprint density at radius 3 is 2.60 bits per heavy atom. The highest BCUT2D eigenvalue weighted by Crippen LogP contribution is 2.17. The first-order valence-electron chi connectivity index (χ1n) is 9.97. The van der Waals surface area contributed by atoms with Gasteiger partial charge in [0.1, 0.15) is 0 Å². The fourth-order valence-electron chi connectivity index (χ4n) is 3.74. The second kappa shape index (κ2) is 13.1. The molecule has 0 amide bonds. The van der Waals surface area contributed by atoms with Gasteiger partial charge >= 0.3 is 0 Å². The molecule has 2 fully saturated rings. The smallest absolute Gasteiger partial charge is 0.193 e. The van der Waals surface area contributed by atoms with Gasteiger partial charge in [0.2, 0.25) is 0 Å². The van der Waals surface area contributed by atoms with E-state index in [0.29, 0.717) is 5.92 Å². The lowest BCUT2D eigenvalue weighted by Gasteiger charge is -2.30. The summed E-state index contributed by atoms with van der Waals surface area (Å²) in [6.45, 7) is 13.3. The Bertz CT molecular complexity index is 372. The summed E-state index contributed by atoms with van der Waals surface area (Å²) < 4.78 is 5.30. The maximum Gasteiger partial charge on any atom is 0.193 e. The summed E-state index contributed by atoms with van der Waals surface area (Å²) in [6.07, 6.45) is 6.42. The van der Waals surface area contributed by atoms with Crippen LogP contribution >= 0.6 is 24.0 Å². The predicted molar refractivity (Wildman–Crippen MR) is 117 cm³/mol. The van der Waals surface area contributed by atoms with Crippen molar-refractivity contribution in [2.75, 3.05) is 59.5 Å². The maximum absolute atomic E-state index is 5.30. The molecule has 25 heavy (non-hydrogen) atoms. The van der Waals surface area contributed by atoms with Gasteiger partial charge in [0.05, 0.1) is 6.61 Å². The number of unbranched alkanes of at least 4 members (excludes halogenated alkanes) is 1. The van der Waals surface area contributed by atoms with Crippen LogP contribution in [0, 0.1) is 11.8 Å². The zero-order chi connectivity index (χ0) is 17.2. The minimum atomic E-state index is 0. The first-order valence-corrected chi connectivity index (χ1v) is 9.97. The van der Waals surface area contributed by atoms with E-state index in [4.69, 9.17) is 9.73 Å². The van der Waals surface area contributed by atoms with Crippen molar-refractivity contribution in [3.63, 3.8) is 0 Å². The molecule has 0 radical (unpaired) electrons. The molecule has 2 heterocycles. The number of ether oxygens (including phenoxy) is 1. The summed E-state index contributed by atoms with van der Waals surface area (Å²) in [5.74, 6) is 2.68. The van der Waals surface area contributed by atoms with Gasteiger partial charge < -0.3 is 19.9 Å². The average molecular weight is 466 g/mol. The van der Waals surface area contributed by atoms with Crippen LogP contribution in [0.2, 0.25) is 0 Å². The Morgan fingerprint density at radius 1 is 1.16 bits per heavy atom. The zero-order valence-corrected chi connectivity index (χ0v) is 18.8. The Morgan fingerprint density at radius 2 is 1.92 bits per heavy atom. The topological polar surface area (TPSA) is 40.1 Å². The summed E-state index contributed by atoms with van der Waals surface area (Å²) in [4.78, 5) is 9.89. The molecule has 0 bridgehead atoms. The number of rotatable bonds is 8. The van der Waals surface area contributed by atoms with Crippen LogP contribution in [0.25, 0.3) is 0 Å². The highest BCUT2D eigenvalue weighted by Gasteiger charge is 2.24. The van der Waals surface area contributed by atoms with Crippen LogP contribution in [0.1, 0.15) is 46.0 Å². The monoisotopic (exact) mass is 466 g/mol. The standard InChI is InChI=1S/C19H38N4O.HI/c1-4-20-19(23-14-9-18(15-23)16-24-3)21-10-5-6-11-22-12-7-17(2)8-13-22;/h17-18H,4-16H2,1-3H3,(H,20,21);1H. The molecule has 2 saturated heterocycles. The summed E-state index contributed by atoms with van der Waals surface area (Å²) in [5, 5.41) is 3.46. The number of aliphatic imine (C=N–C) groups is 1. The largest absolute Gasteiger partial charge is 0.384 e. The van der Waals surface area contributed by atoms with Crippen molar-refractivity contribution < 1.29 is 4.74 Å². The van der Waals surface area contributed by atoms with Crippen molar-refractivity contribution in [3.8, 4) is 0 Å². The van der Waals surface area contributed by atoms with Crippen molar-refractivity contribution in [1.82, 2.24) is 15.1 Å². The van der Waals surface area contributed by atoms with Gasteiger partial charge in [-0.1, -0.05) is 6.92 Å². The molecule has 0 aromatic heterocycles. The number of hydrogen-bond donors (Lipinski definition) is 1. The van der Waals surface area contributed by atoms with Crippen LogP contribution in [-0.4, -0.2) is 75.3 Å². The minimum absolute atomic E-state index is 0. The van der Waals surface area contributed by atoms with E-state index in [1.165, 1.54) is 51.7 Å². The number of halogens is 1. The Hall–Kier alpha value is -0.0800. The van der Waals surface area contributed by atoms with Gasteiger partial charge in [-0.15, -0.1) is 24.0 Å². The molecule has 1 unspecified atom stereocenters. The van der Waals surface area contributed by atoms with Gasteiger partial charge in [-0.3, -0.25) is 4.99 Å². The van der Waals surface area contributed by atoms with E-state index in [2.05, 4.69) is 29.0 Å². The number of nitrogens with zero attached hydrogens (tertiary/aromatic N) is 3. The maximum atomic E-state index is 5.30. The van der Waals surface area contributed by atoms with E-state index in [1.807, 2.05) is 0 Å². The summed E-state index contributed by atoms with van der Waals surface area (Å²) in [7, 11) is 1.80.